The van der Waals surface area contributed by atoms with Crippen LogP contribution < -0.4 is 0 Å². The van der Waals surface area contributed by atoms with Crippen LogP contribution in [0.3, 0.4) is 0 Å². The average Bonchev–Trinajstić information content (AvgIpc) is 2.97. The van der Waals surface area contributed by atoms with E-state index in [1.165, 1.54) is 0 Å². The zero-order chi connectivity index (χ0) is 15.9. The molecule has 2 rings (SSSR count). The van der Waals surface area contributed by atoms with Crippen molar-refractivity contribution in [2.75, 3.05) is 13.6 Å². The molecule has 22 heavy (non-hydrogen) atoms. The smallest absolute Gasteiger partial charge is 0.224 e. The number of rotatable bonds is 7. The largest absolute Gasteiger partial charge is 0.425 e. The van der Waals surface area contributed by atoms with E-state index in [9.17, 15) is 4.79 Å². The van der Waals surface area contributed by atoms with Gasteiger partial charge in [0.25, 0.3) is 0 Å². The molecule has 1 heterocycles. The monoisotopic (exact) mass is 301 g/mol. The predicted octanol–water partition coefficient (Wildman–Crippen LogP) is 3.16. The summed E-state index contributed by atoms with van der Waals surface area (Å²) in [6, 6.07) is 9.84. The first-order chi connectivity index (χ1) is 10.6. The highest BCUT2D eigenvalue weighted by Gasteiger charge is 2.24. The molecule has 0 bridgehead atoms. The van der Waals surface area contributed by atoms with E-state index in [1.807, 2.05) is 37.4 Å². The van der Waals surface area contributed by atoms with E-state index in [2.05, 4.69) is 17.1 Å². The molecular weight excluding hydrogens is 278 g/mol. The summed E-state index contributed by atoms with van der Waals surface area (Å²) >= 11 is 0. The summed E-state index contributed by atoms with van der Waals surface area (Å²) in [5.41, 5.74) is 1.02. The SMILES string of the molecule is CCCCN(C)C(=O)CC(c1ccccc1)c1nnc(C)o1. The van der Waals surface area contributed by atoms with E-state index >= 15 is 0 Å². The number of aryl methyl sites for hydroxylation is 1. The van der Waals surface area contributed by atoms with Crippen molar-refractivity contribution in [3.63, 3.8) is 0 Å². The molecule has 0 aliphatic rings. The Hall–Kier alpha value is -2.17. The Morgan fingerprint density at radius 2 is 2.00 bits per heavy atom. The molecule has 0 saturated heterocycles. The average molecular weight is 301 g/mol. The molecule has 118 valence electrons. The molecule has 0 fully saturated rings. The van der Waals surface area contributed by atoms with Crippen molar-refractivity contribution in [2.24, 2.45) is 0 Å². The maximum absolute atomic E-state index is 12.4. The third kappa shape index (κ3) is 4.16. The van der Waals surface area contributed by atoms with Crippen LogP contribution in [-0.4, -0.2) is 34.6 Å². The van der Waals surface area contributed by atoms with Crippen molar-refractivity contribution < 1.29 is 9.21 Å². The van der Waals surface area contributed by atoms with Crippen molar-refractivity contribution in [1.82, 2.24) is 15.1 Å². The zero-order valence-corrected chi connectivity index (χ0v) is 13.5. The predicted molar refractivity (Wildman–Crippen MR) is 84.5 cm³/mol. The zero-order valence-electron chi connectivity index (χ0n) is 13.5. The summed E-state index contributed by atoms with van der Waals surface area (Å²) in [6.07, 6.45) is 2.42. The van der Waals surface area contributed by atoms with Gasteiger partial charge in [-0.3, -0.25) is 4.79 Å². The molecule has 1 aromatic carbocycles. The summed E-state index contributed by atoms with van der Waals surface area (Å²) in [4.78, 5) is 14.2. The number of benzene rings is 1. The van der Waals surface area contributed by atoms with Gasteiger partial charge in [-0.25, -0.2) is 0 Å². The Bertz CT molecular complexity index is 595. The molecule has 0 aliphatic heterocycles. The molecule has 2 aromatic rings. The first kappa shape index (κ1) is 16.2. The number of unbranched alkanes of at least 4 members (excludes halogenated alkanes) is 1. The van der Waals surface area contributed by atoms with Crippen molar-refractivity contribution in [3.8, 4) is 0 Å². The van der Waals surface area contributed by atoms with Gasteiger partial charge in [0.15, 0.2) is 0 Å². The van der Waals surface area contributed by atoms with Crippen molar-refractivity contribution in [3.05, 3.63) is 47.7 Å². The maximum Gasteiger partial charge on any atom is 0.224 e. The van der Waals surface area contributed by atoms with Gasteiger partial charge in [0, 0.05) is 26.9 Å². The first-order valence-electron chi connectivity index (χ1n) is 7.70. The summed E-state index contributed by atoms with van der Waals surface area (Å²) in [6.45, 7) is 4.65. The molecule has 1 amide bonds. The molecule has 1 atom stereocenters. The number of nitrogens with zero attached hydrogens (tertiary/aromatic N) is 3. The Morgan fingerprint density at radius 3 is 2.59 bits per heavy atom. The van der Waals surface area contributed by atoms with Gasteiger partial charge in [-0.1, -0.05) is 43.7 Å². The Morgan fingerprint density at radius 1 is 1.27 bits per heavy atom. The van der Waals surface area contributed by atoms with E-state index in [1.54, 1.807) is 11.8 Å². The molecule has 0 spiro atoms. The molecular formula is C17H23N3O2. The van der Waals surface area contributed by atoms with E-state index in [0.717, 1.165) is 24.9 Å². The van der Waals surface area contributed by atoms with Crippen LogP contribution >= 0.6 is 0 Å². The summed E-state index contributed by atoms with van der Waals surface area (Å²) in [7, 11) is 1.85. The van der Waals surface area contributed by atoms with E-state index in [4.69, 9.17) is 4.42 Å². The molecule has 5 nitrogen and oxygen atoms in total. The first-order valence-corrected chi connectivity index (χ1v) is 7.70. The van der Waals surface area contributed by atoms with Crippen molar-refractivity contribution in [1.29, 1.82) is 0 Å². The highest BCUT2D eigenvalue weighted by atomic mass is 16.4. The molecule has 0 saturated carbocycles. The van der Waals surface area contributed by atoms with Gasteiger partial charge in [0.05, 0.1) is 5.92 Å². The molecule has 0 aliphatic carbocycles. The molecule has 5 heteroatoms. The van der Waals surface area contributed by atoms with Crippen LogP contribution in [0, 0.1) is 6.92 Å². The minimum absolute atomic E-state index is 0.0955. The van der Waals surface area contributed by atoms with Gasteiger partial charge < -0.3 is 9.32 Å². The van der Waals surface area contributed by atoms with Gasteiger partial charge in [-0.05, 0) is 12.0 Å². The number of amides is 1. The second-order valence-corrected chi connectivity index (χ2v) is 5.50. The van der Waals surface area contributed by atoms with Crippen LogP contribution in [0.5, 0.6) is 0 Å². The molecule has 1 aromatic heterocycles. The Kier molecular flexibility index (Phi) is 5.69. The molecule has 0 N–H and O–H groups in total. The van der Waals surface area contributed by atoms with Crippen molar-refractivity contribution >= 4 is 5.91 Å². The maximum atomic E-state index is 12.4. The number of carbonyl (C=O) groups excluding carboxylic acids is 1. The highest BCUT2D eigenvalue weighted by Crippen LogP contribution is 2.27. The summed E-state index contributed by atoms with van der Waals surface area (Å²) in [5.74, 6) is 0.917. The lowest BCUT2D eigenvalue weighted by Crippen LogP contribution is -2.29. The number of hydrogen-bond donors (Lipinski definition) is 0. The number of carbonyl (C=O) groups is 1. The summed E-state index contributed by atoms with van der Waals surface area (Å²) < 4.78 is 5.57. The van der Waals surface area contributed by atoms with Crippen LogP contribution in [0.1, 0.15) is 49.4 Å². The minimum atomic E-state index is -0.195. The fourth-order valence-corrected chi connectivity index (χ4v) is 2.34. The van der Waals surface area contributed by atoms with Crippen molar-refractivity contribution in [2.45, 2.75) is 39.0 Å². The fourth-order valence-electron chi connectivity index (χ4n) is 2.34. The fraction of sp³-hybridized carbons (Fsp3) is 0.471. The second kappa shape index (κ2) is 7.73. The lowest BCUT2D eigenvalue weighted by molar-refractivity contribution is -0.130. The third-order valence-corrected chi connectivity index (χ3v) is 3.69. The minimum Gasteiger partial charge on any atom is -0.425 e. The standard InChI is InChI=1S/C17H23N3O2/c1-4-5-11-20(3)16(21)12-15(14-9-7-6-8-10-14)17-19-18-13(2)22-17/h6-10,15H,4-5,11-12H2,1-3H3. The van der Waals surface area contributed by atoms with Crippen LogP contribution in [0.4, 0.5) is 0 Å². The number of aromatic nitrogens is 2. The van der Waals surface area contributed by atoms with E-state index < -0.39 is 0 Å². The lowest BCUT2D eigenvalue weighted by atomic mass is 9.95. The topological polar surface area (TPSA) is 59.2 Å². The molecule has 1 unspecified atom stereocenters. The van der Waals surface area contributed by atoms with E-state index in [0.29, 0.717) is 18.2 Å². The van der Waals surface area contributed by atoms with Gasteiger partial charge in [0.1, 0.15) is 0 Å². The highest BCUT2D eigenvalue weighted by molar-refractivity contribution is 5.77. The second-order valence-electron chi connectivity index (χ2n) is 5.50. The van der Waals surface area contributed by atoms with Gasteiger partial charge in [-0.2, -0.15) is 0 Å². The van der Waals surface area contributed by atoms with Gasteiger partial charge >= 0.3 is 0 Å². The van der Waals surface area contributed by atoms with E-state index in [-0.39, 0.29) is 11.8 Å². The quantitative estimate of drug-likeness (QED) is 0.788. The summed E-state index contributed by atoms with van der Waals surface area (Å²) in [5, 5.41) is 8.00. The van der Waals surface area contributed by atoms with Crippen LogP contribution in [0.2, 0.25) is 0 Å². The normalized spacial score (nSPS) is 12.1. The lowest BCUT2D eigenvalue weighted by Gasteiger charge is -2.20. The number of hydrogen-bond acceptors (Lipinski definition) is 4. The van der Waals surface area contributed by atoms with Crippen LogP contribution in [-0.2, 0) is 4.79 Å². The van der Waals surface area contributed by atoms with Crippen LogP contribution in [0.25, 0.3) is 0 Å². The van der Waals surface area contributed by atoms with Gasteiger partial charge in [-0.15, -0.1) is 10.2 Å². The third-order valence-electron chi connectivity index (χ3n) is 3.69. The van der Waals surface area contributed by atoms with Crippen LogP contribution in [0.15, 0.2) is 34.7 Å². The Balaban J connectivity index is 2.17. The van der Waals surface area contributed by atoms with Gasteiger partial charge in [0.2, 0.25) is 17.7 Å². The molecule has 0 radical (unpaired) electrons. The Labute approximate surface area is 131 Å².